The third-order valence-electron chi connectivity index (χ3n) is 5.29. The first-order valence-corrected chi connectivity index (χ1v) is 11.1. The maximum absolute atomic E-state index is 13.5. The minimum atomic E-state index is -0.358. The van der Waals surface area contributed by atoms with Gasteiger partial charge in [0.25, 0.3) is 0 Å². The molecule has 1 N–H and O–H groups in total. The average molecular weight is 498 g/mol. The number of hydrogen-bond donors (Lipinski definition) is 1. The molecule has 6 heteroatoms. The number of aromatic nitrogens is 2. The van der Waals surface area contributed by atoms with Gasteiger partial charge in [-0.25, -0.2) is 9.37 Å². The quantitative estimate of drug-likeness (QED) is 0.260. The molecule has 4 aromatic carbocycles. The second kappa shape index (κ2) is 8.89. The third kappa shape index (κ3) is 4.50. The van der Waals surface area contributed by atoms with Crippen molar-refractivity contribution in [3.05, 3.63) is 106 Å². The van der Waals surface area contributed by atoms with Gasteiger partial charge in [0.1, 0.15) is 30.1 Å². The van der Waals surface area contributed by atoms with Gasteiger partial charge in [0.2, 0.25) is 0 Å². The number of rotatable bonds is 5. The van der Waals surface area contributed by atoms with Crippen LogP contribution in [0.3, 0.4) is 0 Å². The summed E-state index contributed by atoms with van der Waals surface area (Å²) in [6.07, 6.45) is 1.73. The Hall–Kier alpha value is -3.95. The topological polar surface area (TPSA) is 61.7 Å². The van der Waals surface area contributed by atoms with Crippen molar-refractivity contribution in [2.24, 2.45) is 0 Å². The van der Waals surface area contributed by atoms with E-state index in [4.69, 9.17) is 4.74 Å². The number of nitriles is 1. The number of benzene rings is 4. The lowest BCUT2D eigenvalue weighted by Gasteiger charge is -2.10. The number of allylic oxidation sites excluding steroid dienone is 1. The van der Waals surface area contributed by atoms with Gasteiger partial charge in [0.15, 0.2) is 0 Å². The molecule has 0 aliphatic rings. The molecule has 0 radical (unpaired) electrons. The molecule has 1 heterocycles. The standard InChI is InChI=1S/C27H17BrFN3O/c28-23-13-17(11-21(15-30)27-31-24-9-8-22(29)14-25(24)32-27)6-10-26(23)33-16-18-5-7-19-3-1-2-4-20(19)12-18/h1-14H,16H2,(H,31,32)/b21-11-. The molecule has 5 aromatic rings. The van der Waals surface area contributed by atoms with Crippen LogP contribution in [0.5, 0.6) is 5.75 Å². The maximum atomic E-state index is 13.5. The van der Waals surface area contributed by atoms with E-state index < -0.39 is 0 Å². The number of nitrogens with one attached hydrogen (secondary N) is 1. The van der Waals surface area contributed by atoms with E-state index in [2.05, 4.69) is 62.3 Å². The Kier molecular flexibility index (Phi) is 5.64. The molecule has 4 nitrogen and oxygen atoms in total. The molecule has 0 aliphatic carbocycles. The van der Waals surface area contributed by atoms with E-state index in [-0.39, 0.29) is 5.82 Å². The predicted molar refractivity (Wildman–Crippen MR) is 132 cm³/mol. The highest BCUT2D eigenvalue weighted by Gasteiger charge is 2.10. The van der Waals surface area contributed by atoms with Crippen LogP contribution in [-0.2, 0) is 6.61 Å². The smallest absolute Gasteiger partial charge is 0.149 e. The van der Waals surface area contributed by atoms with E-state index in [9.17, 15) is 9.65 Å². The largest absolute Gasteiger partial charge is 0.488 e. The maximum Gasteiger partial charge on any atom is 0.149 e. The Morgan fingerprint density at radius 3 is 2.70 bits per heavy atom. The zero-order chi connectivity index (χ0) is 22.8. The summed E-state index contributed by atoms with van der Waals surface area (Å²) in [7, 11) is 0. The summed E-state index contributed by atoms with van der Waals surface area (Å²) < 4.78 is 20.2. The van der Waals surface area contributed by atoms with E-state index in [1.165, 1.54) is 22.9 Å². The molecule has 0 aliphatic heterocycles. The molecule has 0 unspecified atom stereocenters. The third-order valence-corrected chi connectivity index (χ3v) is 5.91. The monoisotopic (exact) mass is 497 g/mol. The highest BCUT2D eigenvalue weighted by molar-refractivity contribution is 9.10. The van der Waals surface area contributed by atoms with E-state index in [1.807, 2.05) is 30.3 Å². The van der Waals surface area contributed by atoms with Crippen molar-refractivity contribution in [3.8, 4) is 11.8 Å². The zero-order valence-corrected chi connectivity index (χ0v) is 18.9. The first-order chi connectivity index (χ1) is 16.1. The van der Waals surface area contributed by atoms with Gasteiger partial charge in [-0.1, -0.05) is 42.5 Å². The molecule has 5 rings (SSSR count). The lowest BCUT2D eigenvalue weighted by atomic mass is 10.1. The van der Waals surface area contributed by atoms with Gasteiger partial charge in [0.05, 0.1) is 21.1 Å². The van der Waals surface area contributed by atoms with Crippen molar-refractivity contribution in [1.29, 1.82) is 5.26 Å². The Labute approximate surface area is 198 Å². The number of fused-ring (bicyclic) bond motifs is 2. The molecule has 0 spiro atoms. The molecule has 0 fully saturated rings. The fourth-order valence-corrected chi connectivity index (χ4v) is 4.15. The van der Waals surface area contributed by atoms with Crippen molar-refractivity contribution in [1.82, 2.24) is 9.97 Å². The van der Waals surface area contributed by atoms with Gasteiger partial charge in [0, 0.05) is 0 Å². The summed E-state index contributed by atoms with van der Waals surface area (Å²) in [5.41, 5.74) is 3.39. The zero-order valence-electron chi connectivity index (χ0n) is 17.3. The first-order valence-electron chi connectivity index (χ1n) is 10.3. The van der Waals surface area contributed by atoms with Crippen molar-refractivity contribution in [3.63, 3.8) is 0 Å². The number of hydrogen-bond acceptors (Lipinski definition) is 3. The summed E-state index contributed by atoms with van der Waals surface area (Å²) >= 11 is 3.56. The summed E-state index contributed by atoms with van der Waals surface area (Å²) in [5, 5.41) is 12.0. The summed E-state index contributed by atoms with van der Waals surface area (Å²) in [6, 6.07) is 26.6. The van der Waals surface area contributed by atoms with Crippen molar-refractivity contribution < 1.29 is 9.13 Å². The van der Waals surface area contributed by atoms with Gasteiger partial charge in [-0.15, -0.1) is 0 Å². The van der Waals surface area contributed by atoms with Gasteiger partial charge in [-0.05, 0) is 80.3 Å². The van der Waals surface area contributed by atoms with Crippen LogP contribution in [0, 0.1) is 17.1 Å². The van der Waals surface area contributed by atoms with Crippen molar-refractivity contribution >= 4 is 49.4 Å². The van der Waals surface area contributed by atoms with Gasteiger partial charge in [-0.3, -0.25) is 0 Å². The van der Waals surface area contributed by atoms with Crippen LogP contribution in [-0.4, -0.2) is 9.97 Å². The molecule has 0 amide bonds. The molecule has 0 atom stereocenters. The average Bonchev–Trinajstić information content (AvgIpc) is 3.24. The highest BCUT2D eigenvalue weighted by Crippen LogP contribution is 2.29. The molecular weight excluding hydrogens is 481 g/mol. The number of halogens is 2. The Morgan fingerprint density at radius 2 is 1.88 bits per heavy atom. The normalized spacial score (nSPS) is 11.6. The summed E-state index contributed by atoms with van der Waals surface area (Å²) in [6.45, 7) is 0.442. The number of ether oxygens (including phenoxy) is 1. The predicted octanol–water partition coefficient (Wildman–Crippen LogP) is 7.26. The summed E-state index contributed by atoms with van der Waals surface area (Å²) in [5.74, 6) is 0.743. The van der Waals surface area contributed by atoms with Crippen LogP contribution >= 0.6 is 15.9 Å². The Balaban J connectivity index is 1.35. The molecule has 1 aromatic heterocycles. The number of aromatic amines is 1. The van der Waals surface area contributed by atoms with Crippen LogP contribution in [0.2, 0.25) is 0 Å². The van der Waals surface area contributed by atoms with E-state index in [0.717, 1.165) is 15.6 Å². The van der Waals surface area contributed by atoms with Crippen LogP contribution < -0.4 is 4.74 Å². The highest BCUT2D eigenvalue weighted by atomic mass is 79.9. The molecule has 0 bridgehead atoms. The molecule has 0 saturated carbocycles. The van der Waals surface area contributed by atoms with Crippen molar-refractivity contribution in [2.45, 2.75) is 6.61 Å². The summed E-state index contributed by atoms with van der Waals surface area (Å²) in [4.78, 5) is 7.40. The second-order valence-corrected chi connectivity index (χ2v) is 8.43. The van der Waals surface area contributed by atoms with E-state index >= 15 is 0 Å². The minimum Gasteiger partial charge on any atom is -0.488 e. The van der Waals surface area contributed by atoms with E-state index in [0.29, 0.717) is 34.8 Å². The lowest BCUT2D eigenvalue weighted by molar-refractivity contribution is 0.304. The fourth-order valence-electron chi connectivity index (χ4n) is 3.64. The molecule has 33 heavy (non-hydrogen) atoms. The van der Waals surface area contributed by atoms with Crippen molar-refractivity contribution in [2.75, 3.05) is 0 Å². The van der Waals surface area contributed by atoms with Gasteiger partial charge in [-0.2, -0.15) is 5.26 Å². The SMILES string of the molecule is N#C/C(=C/c1ccc(OCc2ccc3ccccc3c2)c(Br)c1)c1nc2ccc(F)cc2[nH]1. The lowest BCUT2D eigenvalue weighted by Crippen LogP contribution is -1.96. The van der Waals surface area contributed by atoms with E-state index in [1.54, 1.807) is 12.1 Å². The first kappa shape index (κ1) is 20.9. The second-order valence-electron chi connectivity index (χ2n) is 7.58. The Morgan fingerprint density at radius 1 is 1.03 bits per heavy atom. The van der Waals surface area contributed by atoms with Gasteiger partial charge < -0.3 is 9.72 Å². The fraction of sp³-hybridized carbons (Fsp3) is 0.0370. The van der Waals surface area contributed by atoms with Crippen LogP contribution in [0.1, 0.15) is 17.0 Å². The Bertz CT molecular complexity index is 1570. The number of imidazole rings is 1. The van der Waals surface area contributed by atoms with Gasteiger partial charge >= 0.3 is 0 Å². The molecular formula is C27H17BrFN3O. The number of H-pyrrole nitrogens is 1. The van der Waals surface area contributed by atoms with Crippen LogP contribution in [0.25, 0.3) is 33.5 Å². The van der Waals surface area contributed by atoms with Crippen LogP contribution in [0.15, 0.2) is 83.3 Å². The number of nitrogens with zero attached hydrogens (tertiary/aromatic N) is 2. The molecule has 160 valence electrons. The minimum absolute atomic E-state index is 0.350. The molecule has 0 saturated heterocycles. The van der Waals surface area contributed by atoms with Crippen LogP contribution in [0.4, 0.5) is 4.39 Å².